The first-order valence-corrected chi connectivity index (χ1v) is 25.2. The molecule has 4 fully saturated rings. The van der Waals surface area contributed by atoms with Crippen LogP contribution in [0.3, 0.4) is 0 Å². The van der Waals surface area contributed by atoms with Crippen LogP contribution < -0.4 is 15.0 Å². The van der Waals surface area contributed by atoms with Crippen LogP contribution in [0.5, 0.6) is 11.8 Å². The van der Waals surface area contributed by atoms with E-state index in [1.807, 2.05) is 4.90 Å². The van der Waals surface area contributed by atoms with Gasteiger partial charge in [0.2, 0.25) is 0 Å². The molecule has 10 nitrogen and oxygen atoms in total. The fourth-order valence-corrected chi connectivity index (χ4v) is 17.8. The van der Waals surface area contributed by atoms with Crippen LogP contribution in [0.15, 0.2) is 30.5 Å². The summed E-state index contributed by atoms with van der Waals surface area (Å²) < 4.78 is 80.0. The third kappa shape index (κ3) is 7.46. The van der Waals surface area contributed by atoms with Crippen molar-refractivity contribution in [3.05, 3.63) is 47.7 Å². The zero-order valence-corrected chi connectivity index (χ0v) is 36.8. The van der Waals surface area contributed by atoms with Crippen molar-refractivity contribution in [3.8, 4) is 34.5 Å². The second-order valence-electron chi connectivity index (χ2n) is 18.6. The molecule has 15 heteroatoms. The second kappa shape index (κ2) is 15.2. The monoisotopic (exact) mass is 848 g/mol. The average Bonchev–Trinajstić information content (AvgIpc) is 3.78. The van der Waals surface area contributed by atoms with E-state index >= 15 is 8.78 Å². The Kier molecular flexibility index (Phi) is 10.7. The fraction of sp³-hybridized carbons (Fsp3) is 0.568. The lowest BCUT2D eigenvalue weighted by Crippen LogP contribution is -2.62. The summed E-state index contributed by atoms with van der Waals surface area (Å²) in [5.41, 5.74) is 3.25. The molecule has 2 aromatic carbocycles. The molecular weight excluding hydrogens is 794 g/mol. The van der Waals surface area contributed by atoms with Crippen molar-refractivity contribution in [2.75, 3.05) is 49.7 Å². The highest BCUT2D eigenvalue weighted by molar-refractivity contribution is 7.90. The first-order chi connectivity index (χ1) is 27.8. The van der Waals surface area contributed by atoms with Crippen molar-refractivity contribution >= 4 is 45.4 Å². The van der Waals surface area contributed by atoms with Crippen molar-refractivity contribution in [2.45, 2.75) is 114 Å². The fourth-order valence-electron chi connectivity index (χ4n) is 11.3. The maximum atomic E-state index is 17.6. The molecule has 0 unspecified atom stereocenters. The minimum absolute atomic E-state index is 0.0279. The maximum Gasteiger partial charge on any atom is 0.319 e. The molecule has 4 aromatic rings. The number of sulfone groups is 1. The molecule has 0 amide bonds. The molecule has 0 saturated carbocycles. The molecule has 316 valence electrons. The number of phenolic OH excluding ortho intramolecular Hbond substituents is 1. The smallest absolute Gasteiger partial charge is 0.319 e. The number of nitrogens with zero attached hydrogens (tertiary/aromatic N) is 5. The molecule has 8 rings (SSSR count). The summed E-state index contributed by atoms with van der Waals surface area (Å²) >= 11 is 0. The number of hydrogen-bond donors (Lipinski definition) is 2. The Labute approximate surface area is 346 Å². The molecule has 0 aliphatic carbocycles. The molecule has 6 heterocycles. The Morgan fingerprint density at radius 2 is 1.81 bits per heavy atom. The number of fused-ring (bicyclic) bond motifs is 5. The van der Waals surface area contributed by atoms with Crippen molar-refractivity contribution in [1.82, 2.24) is 25.2 Å². The van der Waals surface area contributed by atoms with E-state index in [1.165, 1.54) is 30.7 Å². The number of aromatic hydroxyl groups is 1. The Morgan fingerprint density at radius 1 is 1.07 bits per heavy atom. The maximum absolute atomic E-state index is 17.6. The summed E-state index contributed by atoms with van der Waals surface area (Å²) in [6.45, 7) is 15.1. The highest BCUT2D eigenvalue weighted by Gasteiger charge is 2.50. The van der Waals surface area contributed by atoms with Crippen molar-refractivity contribution < 1.29 is 31.4 Å². The number of rotatable bonds is 10. The van der Waals surface area contributed by atoms with Gasteiger partial charge in [-0.15, -0.1) is 5.54 Å². The molecular formula is C44H55F3N6O4SSi. The van der Waals surface area contributed by atoms with Gasteiger partial charge in [0.15, 0.2) is 5.82 Å². The van der Waals surface area contributed by atoms with Gasteiger partial charge in [-0.25, -0.2) is 21.6 Å². The molecule has 59 heavy (non-hydrogen) atoms. The number of phenols is 1. The van der Waals surface area contributed by atoms with Gasteiger partial charge in [0.1, 0.15) is 59.3 Å². The zero-order valence-electron chi connectivity index (χ0n) is 35.0. The third-order valence-electron chi connectivity index (χ3n) is 13.7. The van der Waals surface area contributed by atoms with E-state index in [9.17, 15) is 17.9 Å². The SMILES string of the molecule is CC(C)[Si](C#Cc1c(F)ccc2cc(O)cc(-c3ncc4c(N5C[C@@H]6CC[C@](CS(C)(=O)=O)(C5)N6)nc(OC[C@@]56CCCN5C[C@H](F)C6)nc4c3F)c12)(C(C)C)C(C)C. The number of anilines is 1. The minimum Gasteiger partial charge on any atom is -0.508 e. The van der Waals surface area contributed by atoms with E-state index in [0.29, 0.717) is 49.1 Å². The van der Waals surface area contributed by atoms with Crippen LogP contribution in [0.25, 0.3) is 32.9 Å². The summed E-state index contributed by atoms with van der Waals surface area (Å²) in [6, 6.07) is 5.64. The first kappa shape index (κ1) is 41.7. The van der Waals surface area contributed by atoms with Gasteiger partial charge in [-0.2, -0.15) is 9.97 Å². The van der Waals surface area contributed by atoms with E-state index in [0.717, 1.165) is 25.8 Å². The summed E-state index contributed by atoms with van der Waals surface area (Å²) in [4.78, 5) is 18.2. The van der Waals surface area contributed by atoms with E-state index in [1.54, 1.807) is 6.07 Å². The second-order valence-corrected chi connectivity index (χ2v) is 26.4. The highest BCUT2D eigenvalue weighted by atomic mass is 32.2. The lowest BCUT2D eigenvalue weighted by Gasteiger charge is -2.42. The third-order valence-corrected chi connectivity index (χ3v) is 21.1. The largest absolute Gasteiger partial charge is 0.508 e. The van der Waals surface area contributed by atoms with Gasteiger partial charge in [0, 0.05) is 55.5 Å². The van der Waals surface area contributed by atoms with Gasteiger partial charge in [0.25, 0.3) is 0 Å². The molecule has 4 atom stereocenters. The molecule has 2 N–H and O–H groups in total. The number of benzene rings is 2. The highest BCUT2D eigenvalue weighted by Crippen LogP contribution is 2.44. The van der Waals surface area contributed by atoms with Crippen LogP contribution in [-0.2, 0) is 9.84 Å². The van der Waals surface area contributed by atoms with Gasteiger partial charge in [-0.1, -0.05) is 53.5 Å². The van der Waals surface area contributed by atoms with Crippen molar-refractivity contribution in [2.24, 2.45) is 0 Å². The summed E-state index contributed by atoms with van der Waals surface area (Å²) in [5.74, 6) is 2.00. The van der Waals surface area contributed by atoms with E-state index in [2.05, 4.69) is 73.2 Å². The molecule has 2 bridgehead atoms. The van der Waals surface area contributed by atoms with Gasteiger partial charge >= 0.3 is 6.01 Å². The number of pyridine rings is 1. The molecule has 0 radical (unpaired) electrons. The number of aromatic nitrogens is 3. The molecule has 4 aliphatic heterocycles. The summed E-state index contributed by atoms with van der Waals surface area (Å²) in [7, 11) is -5.68. The molecule has 0 spiro atoms. The summed E-state index contributed by atoms with van der Waals surface area (Å²) in [6.07, 6.45) is 5.14. The van der Waals surface area contributed by atoms with Gasteiger partial charge in [-0.3, -0.25) is 9.88 Å². The summed E-state index contributed by atoms with van der Waals surface area (Å²) in [5, 5.41) is 15.6. The van der Waals surface area contributed by atoms with Gasteiger partial charge in [0.05, 0.1) is 27.8 Å². The normalized spacial score (nSPS) is 24.8. The van der Waals surface area contributed by atoms with Gasteiger partial charge < -0.3 is 20.1 Å². The molecule has 2 aromatic heterocycles. The standard InChI is InChI=1S/C44H55F3N6O4SSi/c1-26(2)59(27(3)4,28(5)6)16-12-33-36(46)10-9-29-17-32(54)18-34(37(29)33)39-38(47)40-35(20-48-39)41(52-22-31-11-14-43(23-52,51-31)25-58(7,55)56)50-42(49-40)57-24-44-13-8-15-53(44)21-30(45)19-44/h9-10,17-18,20,26-28,30-31,51,54H,8,11,13-15,19,21-25H2,1-7H3/t30-,31+,43-,44+/m1/s1. The van der Waals surface area contributed by atoms with Gasteiger partial charge in [-0.05, 0) is 72.4 Å². The van der Waals surface area contributed by atoms with Crippen LogP contribution >= 0.6 is 0 Å². The predicted octanol–water partition coefficient (Wildman–Crippen LogP) is 7.71. The van der Waals surface area contributed by atoms with E-state index < -0.39 is 46.8 Å². The van der Waals surface area contributed by atoms with Crippen LogP contribution in [0.2, 0.25) is 16.6 Å². The molecule has 4 saturated heterocycles. The van der Waals surface area contributed by atoms with Crippen molar-refractivity contribution in [3.63, 3.8) is 0 Å². The van der Waals surface area contributed by atoms with Crippen LogP contribution in [0.4, 0.5) is 19.0 Å². The number of hydrogen-bond acceptors (Lipinski definition) is 10. The first-order valence-electron chi connectivity index (χ1n) is 20.9. The van der Waals surface area contributed by atoms with Crippen LogP contribution in [0, 0.1) is 23.1 Å². The van der Waals surface area contributed by atoms with Crippen LogP contribution in [0.1, 0.15) is 79.2 Å². The lowest BCUT2D eigenvalue weighted by atomic mass is 9.95. The number of ether oxygens (including phenoxy) is 1. The Hall–Kier alpha value is -3.97. The Morgan fingerprint density at radius 3 is 2.53 bits per heavy atom. The number of nitrogens with one attached hydrogen (secondary N) is 1. The Balaban J connectivity index is 1.30. The minimum atomic E-state index is -3.36. The lowest BCUT2D eigenvalue weighted by molar-refractivity contribution is 0.107. The van der Waals surface area contributed by atoms with E-state index in [4.69, 9.17) is 9.72 Å². The number of alkyl halides is 1. The van der Waals surface area contributed by atoms with Crippen LogP contribution in [-0.4, -0.2) is 110 Å². The van der Waals surface area contributed by atoms with Crippen molar-refractivity contribution in [1.29, 1.82) is 0 Å². The van der Waals surface area contributed by atoms with E-state index in [-0.39, 0.29) is 74.5 Å². The predicted molar refractivity (Wildman–Crippen MR) is 229 cm³/mol. The molecule has 4 aliphatic rings. The number of piperazine rings is 1. The Bertz CT molecular complexity index is 2470. The zero-order chi connectivity index (χ0) is 42.2. The number of halogens is 3. The quantitative estimate of drug-likeness (QED) is 0.121. The average molecular weight is 849 g/mol. The topological polar surface area (TPSA) is 121 Å².